The monoisotopic (exact) mass is 241 g/mol. The zero-order valence-corrected chi connectivity index (χ0v) is 9.44. The van der Waals surface area contributed by atoms with Crippen molar-refractivity contribution in [2.75, 3.05) is 0 Å². The number of aromatic nitrogens is 3. The van der Waals surface area contributed by atoms with Crippen LogP contribution in [0.5, 0.6) is 0 Å². The maximum absolute atomic E-state index is 5.88. The number of imidazole rings is 1. The molecule has 0 radical (unpaired) electrons. The molecule has 78 valence electrons. The number of rotatable bonds is 1. The van der Waals surface area contributed by atoms with Gasteiger partial charge in [0.05, 0.1) is 10.5 Å². The molecule has 1 aliphatic rings. The molecule has 0 aliphatic heterocycles. The van der Waals surface area contributed by atoms with E-state index in [1.807, 2.05) is 0 Å². The van der Waals surface area contributed by atoms with Gasteiger partial charge in [-0.1, -0.05) is 29.6 Å². The molecule has 1 fully saturated rings. The first-order valence-corrected chi connectivity index (χ1v) is 5.71. The Morgan fingerprint density at radius 1 is 1.27 bits per heavy atom. The van der Waals surface area contributed by atoms with Crippen LogP contribution in [-0.4, -0.2) is 15.0 Å². The number of aromatic amines is 1. The van der Waals surface area contributed by atoms with Gasteiger partial charge in [-0.15, -0.1) is 0 Å². The van der Waals surface area contributed by atoms with E-state index in [1.165, 1.54) is 19.3 Å². The molecule has 0 aromatic carbocycles. The zero-order valence-electron chi connectivity index (χ0n) is 7.93. The molecule has 3 nitrogen and oxygen atoms in total. The molecule has 1 saturated carbocycles. The van der Waals surface area contributed by atoms with Crippen LogP contribution in [-0.2, 0) is 0 Å². The largest absolute Gasteiger partial charge is 0.340 e. The first-order chi connectivity index (χ1) is 7.24. The predicted octanol–water partition coefficient (Wildman–Crippen LogP) is 3.53. The van der Waals surface area contributed by atoms with Gasteiger partial charge in [-0.3, -0.25) is 0 Å². The van der Waals surface area contributed by atoms with Crippen molar-refractivity contribution in [1.29, 1.82) is 0 Å². The highest BCUT2D eigenvalue weighted by molar-refractivity contribution is 6.41. The summed E-state index contributed by atoms with van der Waals surface area (Å²) in [5.41, 5.74) is 1.53. The minimum absolute atomic E-state index is 0.316. The Kier molecular flexibility index (Phi) is 2.11. The fourth-order valence-corrected chi connectivity index (χ4v) is 2.08. The summed E-state index contributed by atoms with van der Waals surface area (Å²) in [6, 6.07) is 1.78. The average molecular weight is 242 g/mol. The van der Waals surface area contributed by atoms with Crippen LogP contribution in [0.2, 0.25) is 10.2 Å². The van der Waals surface area contributed by atoms with Crippen molar-refractivity contribution in [3.05, 3.63) is 22.1 Å². The number of nitrogens with zero attached hydrogens (tertiary/aromatic N) is 2. The van der Waals surface area contributed by atoms with Crippen molar-refractivity contribution in [3.63, 3.8) is 0 Å². The smallest absolute Gasteiger partial charge is 0.179 e. The van der Waals surface area contributed by atoms with Gasteiger partial charge in [-0.25, -0.2) is 9.97 Å². The summed E-state index contributed by atoms with van der Waals surface area (Å²) >= 11 is 11.7. The second-order valence-electron chi connectivity index (χ2n) is 3.88. The van der Waals surface area contributed by atoms with Gasteiger partial charge in [-0.05, 0) is 18.9 Å². The van der Waals surface area contributed by atoms with Gasteiger partial charge >= 0.3 is 0 Å². The fraction of sp³-hybridized carbons (Fsp3) is 0.400. The minimum Gasteiger partial charge on any atom is -0.340 e. The SMILES string of the molecule is Clc1cc2[nH]c(C3CCC3)nc2nc1Cl. The molecule has 0 bridgehead atoms. The topological polar surface area (TPSA) is 41.6 Å². The van der Waals surface area contributed by atoms with E-state index in [1.54, 1.807) is 6.07 Å². The standard InChI is InChI=1S/C10H9Cl2N3/c11-6-4-7-10(14-8(6)12)15-9(13-7)5-2-1-3-5/h4-5H,1-3H2,(H,13,14,15). The lowest BCUT2D eigenvalue weighted by Crippen LogP contribution is -2.10. The first-order valence-electron chi connectivity index (χ1n) is 4.95. The average Bonchev–Trinajstić information content (AvgIpc) is 2.45. The number of hydrogen-bond donors (Lipinski definition) is 1. The molecular formula is C10H9Cl2N3. The minimum atomic E-state index is 0.316. The number of H-pyrrole nitrogens is 1. The van der Waals surface area contributed by atoms with Crippen molar-refractivity contribution < 1.29 is 0 Å². The first kappa shape index (κ1) is 9.43. The molecule has 3 rings (SSSR count). The number of halogens is 2. The molecule has 15 heavy (non-hydrogen) atoms. The summed E-state index contributed by atoms with van der Waals surface area (Å²) in [6.07, 6.45) is 3.71. The Morgan fingerprint density at radius 2 is 2.07 bits per heavy atom. The van der Waals surface area contributed by atoms with Gasteiger partial charge in [-0.2, -0.15) is 0 Å². The van der Waals surface area contributed by atoms with Crippen molar-refractivity contribution in [2.45, 2.75) is 25.2 Å². The van der Waals surface area contributed by atoms with Crippen molar-refractivity contribution in [3.8, 4) is 0 Å². The van der Waals surface area contributed by atoms with Crippen molar-refractivity contribution in [2.24, 2.45) is 0 Å². The Bertz CT molecular complexity index is 478. The summed E-state index contributed by atoms with van der Waals surface area (Å²) in [5, 5.41) is 0.781. The predicted molar refractivity (Wildman–Crippen MR) is 60.5 cm³/mol. The molecular weight excluding hydrogens is 233 g/mol. The second kappa shape index (κ2) is 3.35. The summed E-state index contributed by atoms with van der Waals surface area (Å²) in [4.78, 5) is 11.8. The molecule has 5 heteroatoms. The highest BCUT2D eigenvalue weighted by atomic mass is 35.5. The van der Waals surface area contributed by atoms with E-state index in [2.05, 4.69) is 15.0 Å². The van der Waals surface area contributed by atoms with Gasteiger partial charge in [0, 0.05) is 5.92 Å². The number of hydrogen-bond acceptors (Lipinski definition) is 2. The molecule has 2 heterocycles. The molecule has 1 N–H and O–H groups in total. The summed E-state index contributed by atoms with van der Waals surface area (Å²) in [6.45, 7) is 0. The normalized spacial score (nSPS) is 16.9. The highest BCUT2D eigenvalue weighted by Gasteiger charge is 2.23. The third-order valence-corrected chi connectivity index (χ3v) is 3.57. The van der Waals surface area contributed by atoms with E-state index in [-0.39, 0.29) is 0 Å². The van der Waals surface area contributed by atoms with Crippen LogP contribution in [0.4, 0.5) is 0 Å². The van der Waals surface area contributed by atoms with Crippen LogP contribution < -0.4 is 0 Å². The van der Waals surface area contributed by atoms with Crippen LogP contribution in [0.15, 0.2) is 6.07 Å². The van der Waals surface area contributed by atoms with Crippen LogP contribution in [0.1, 0.15) is 31.0 Å². The molecule has 2 aromatic rings. The quantitative estimate of drug-likeness (QED) is 0.777. The maximum Gasteiger partial charge on any atom is 0.179 e. The number of pyridine rings is 1. The van der Waals surface area contributed by atoms with E-state index in [0.29, 0.717) is 21.7 Å². The highest BCUT2D eigenvalue weighted by Crippen LogP contribution is 2.35. The van der Waals surface area contributed by atoms with Crippen LogP contribution in [0.25, 0.3) is 11.2 Å². The lowest BCUT2D eigenvalue weighted by atomic mass is 9.85. The molecule has 0 atom stereocenters. The van der Waals surface area contributed by atoms with E-state index in [0.717, 1.165) is 11.3 Å². The fourth-order valence-electron chi connectivity index (χ4n) is 1.79. The van der Waals surface area contributed by atoms with Crippen LogP contribution in [0, 0.1) is 0 Å². The van der Waals surface area contributed by atoms with Gasteiger partial charge in [0.2, 0.25) is 0 Å². The van der Waals surface area contributed by atoms with Crippen LogP contribution in [0.3, 0.4) is 0 Å². The molecule has 0 spiro atoms. The third kappa shape index (κ3) is 1.50. The molecule has 0 amide bonds. The Balaban J connectivity index is 2.12. The lowest BCUT2D eigenvalue weighted by Gasteiger charge is -2.22. The van der Waals surface area contributed by atoms with Crippen molar-refractivity contribution in [1.82, 2.24) is 15.0 Å². The van der Waals surface area contributed by atoms with E-state index < -0.39 is 0 Å². The number of fused-ring (bicyclic) bond motifs is 1. The van der Waals surface area contributed by atoms with Gasteiger partial charge < -0.3 is 4.98 Å². The Morgan fingerprint density at radius 3 is 2.73 bits per heavy atom. The van der Waals surface area contributed by atoms with Crippen molar-refractivity contribution >= 4 is 34.4 Å². The molecule has 0 unspecified atom stereocenters. The molecule has 1 aliphatic carbocycles. The van der Waals surface area contributed by atoms with Crippen LogP contribution >= 0.6 is 23.2 Å². The second-order valence-corrected chi connectivity index (χ2v) is 4.65. The molecule has 0 saturated heterocycles. The Labute approximate surface area is 96.8 Å². The zero-order chi connectivity index (χ0) is 10.4. The molecule has 2 aromatic heterocycles. The third-order valence-electron chi connectivity index (χ3n) is 2.89. The number of nitrogens with one attached hydrogen (secondary N) is 1. The van der Waals surface area contributed by atoms with E-state index >= 15 is 0 Å². The van der Waals surface area contributed by atoms with E-state index in [4.69, 9.17) is 23.2 Å². The van der Waals surface area contributed by atoms with Gasteiger partial charge in [0.25, 0.3) is 0 Å². The van der Waals surface area contributed by atoms with E-state index in [9.17, 15) is 0 Å². The summed E-state index contributed by atoms with van der Waals surface area (Å²) in [5.74, 6) is 1.58. The van der Waals surface area contributed by atoms with Gasteiger partial charge in [0.1, 0.15) is 11.0 Å². The summed E-state index contributed by atoms with van der Waals surface area (Å²) in [7, 11) is 0. The lowest BCUT2D eigenvalue weighted by molar-refractivity contribution is 0.404. The maximum atomic E-state index is 5.88. The Hall–Kier alpha value is -0.800. The summed E-state index contributed by atoms with van der Waals surface area (Å²) < 4.78 is 0. The van der Waals surface area contributed by atoms with Gasteiger partial charge in [0.15, 0.2) is 5.65 Å².